The number of benzene rings is 4. The molecule has 4 aromatic carbocycles. The highest BCUT2D eigenvalue weighted by molar-refractivity contribution is 7.96. The number of allylic oxidation sites excluding steroid dienone is 1. The van der Waals surface area contributed by atoms with Gasteiger partial charge in [0.15, 0.2) is 0 Å². The molecule has 1 aliphatic rings. The highest BCUT2D eigenvalue weighted by atomic mass is 32.1. The van der Waals surface area contributed by atoms with Crippen LogP contribution in [0.4, 0.5) is 4.79 Å². The van der Waals surface area contributed by atoms with Crippen molar-refractivity contribution in [2.45, 2.75) is 25.5 Å². The summed E-state index contributed by atoms with van der Waals surface area (Å²) in [6.07, 6.45) is 2.91. The summed E-state index contributed by atoms with van der Waals surface area (Å²) in [6.45, 7) is -2.96. The van der Waals surface area contributed by atoms with Gasteiger partial charge in [0.25, 0.3) is 0 Å². The van der Waals surface area contributed by atoms with Gasteiger partial charge in [-0.3, -0.25) is 10.1 Å². The molecule has 228 valence electrons. The van der Waals surface area contributed by atoms with E-state index in [4.69, 9.17) is 17.0 Å². The second kappa shape index (κ2) is 14.8. The molecule has 1 saturated heterocycles. The van der Waals surface area contributed by atoms with Crippen LogP contribution in [0.1, 0.15) is 18.4 Å². The predicted molar refractivity (Wildman–Crippen MR) is 184 cm³/mol. The number of likely N-dealkylation sites (tertiary alicyclic amines) is 1. The van der Waals surface area contributed by atoms with Crippen LogP contribution in [0.5, 0.6) is 0 Å². The van der Waals surface area contributed by atoms with Crippen LogP contribution in [0.2, 0.25) is 0 Å². The molecule has 1 atom stereocenters. The van der Waals surface area contributed by atoms with Crippen LogP contribution in [0.3, 0.4) is 0 Å². The molecule has 45 heavy (non-hydrogen) atoms. The summed E-state index contributed by atoms with van der Waals surface area (Å²) in [6, 6.07) is 38.7. The highest BCUT2D eigenvalue weighted by Gasteiger charge is 2.47. The fourth-order valence-electron chi connectivity index (χ4n) is 5.45. The van der Waals surface area contributed by atoms with Crippen molar-refractivity contribution in [2.24, 2.45) is 0 Å². The van der Waals surface area contributed by atoms with Gasteiger partial charge in [-0.25, -0.2) is 9.59 Å². The van der Waals surface area contributed by atoms with E-state index < -0.39 is 18.9 Å². The van der Waals surface area contributed by atoms with Crippen molar-refractivity contribution in [3.63, 3.8) is 0 Å². The minimum atomic E-state index is -3.01. The monoisotopic (exact) mass is 636 g/mol. The molecule has 0 saturated carbocycles. The van der Waals surface area contributed by atoms with Gasteiger partial charge in [-0.1, -0.05) is 134 Å². The third kappa shape index (κ3) is 6.98. The lowest BCUT2D eigenvalue weighted by atomic mass is 9.97. The second-order valence-electron chi connectivity index (χ2n) is 10.3. The van der Waals surface area contributed by atoms with Crippen molar-refractivity contribution >= 4 is 63.3 Å². The van der Waals surface area contributed by atoms with Gasteiger partial charge in [-0.05, 0) is 27.6 Å². The maximum Gasteiger partial charge on any atom is 0.410 e. The van der Waals surface area contributed by atoms with Crippen LogP contribution in [0, 0.1) is 0 Å². The zero-order valence-electron chi connectivity index (χ0n) is 24.7. The molecular formula is C36H33N2O5PS. The molecule has 0 aliphatic carbocycles. The number of nitrogens with zero attached hydrogens (tertiary/aromatic N) is 1. The summed E-state index contributed by atoms with van der Waals surface area (Å²) in [5.74, 6) is -0.742. The maximum atomic E-state index is 14.6. The normalized spacial score (nSPS) is 14.4. The molecule has 1 fully saturated rings. The zero-order chi connectivity index (χ0) is 31.6. The smallest absolute Gasteiger partial charge is 0.410 e. The first-order chi connectivity index (χ1) is 21.9. The first kappa shape index (κ1) is 31.6. The lowest BCUT2D eigenvalue weighted by molar-refractivity contribution is -0.144. The van der Waals surface area contributed by atoms with Gasteiger partial charge in [0.1, 0.15) is 12.0 Å². The van der Waals surface area contributed by atoms with Crippen molar-refractivity contribution < 1.29 is 23.9 Å². The van der Waals surface area contributed by atoms with E-state index in [-0.39, 0.29) is 25.0 Å². The molecule has 1 aliphatic heterocycles. The Morgan fingerprint density at radius 2 is 1.33 bits per heavy atom. The Bertz CT molecular complexity index is 1640. The Balaban J connectivity index is 1.73. The van der Waals surface area contributed by atoms with Gasteiger partial charge < -0.3 is 14.4 Å². The summed E-state index contributed by atoms with van der Waals surface area (Å²) >= 11 is 5.62. The minimum absolute atomic E-state index is 0.0502. The molecule has 0 radical (unpaired) electrons. The number of hydrogen-bond donors (Lipinski definition) is 1. The molecule has 1 unspecified atom stereocenters. The van der Waals surface area contributed by atoms with Gasteiger partial charge in [0.2, 0.25) is 5.91 Å². The van der Waals surface area contributed by atoms with Crippen molar-refractivity contribution in [1.82, 2.24) is 10.2 Å². The number of esters is 1. The lowest BCUT2D eigenvalue weighted by Crippen LogP contribution is -2.60. The molecular weight excluding hydrogens is 603 g/mol. The van der Waals surface area contributed by atoms with Crippen LogP contribution >= 0.6 is 19.1 Å². The third-order valence-electron chi connectivity index (χ3n) is 7.51. The molecule has 2 amide bonds. The van der Waals surface area contributed by atoms with Gasteiger partial charge in [0, 0.05) is 30.8 Å². The molecule has 1 N–H and O–H groups in total. The number of methoxy groups -OCH3 is 1. The first-order valence-corrected chi connectivity index (χ1v) is 16.6. The number of ether oxygens (including phenoxy) is 2. The lowest BCUT2D eigenvalue weighted by Gasteiger charge is -2.45. The minimum Gasteiger partial charge on any atom is -0.456 e. The fraction of sp³-hybridized carbons (Fsp3) is 0.139. The average Bonchev–Trinajstić information content (AvgIpc) is 3.08. The van der Waals surface area contributed by atoms with E-state index in [1.54, 1.807) is 11.0 Å². The van der Waals surface area contributed by atoms with Gasteiger partial charge in [0.05, 0.1) is 13.2 Å². The van der Waals surface area contributed by atoms with Gasteiger partial charge >= 0.3 is 12.1 Å². The predicted octanol–water partition coefficient (Wildman–Crippen LogP) is 5.08. The van der Waals surface area contributed by atoms with Crippen molar-refractivity contribution in [1.29, 1.82) is 0 Å². The topological polar surface area (TPSA) is 84.9 Å². The van der Waals surface area contributed by atoms with E-state index in [1.807, 2.05) is 121 Å². The zero-order valence-corrected chi connectivity index (χ0v) is 26.5. The van der Waals surface area contributed by atoms with Gasteiger partial charge in [-0.15, -0.1) is 0 Å². The molecule has 0 spiro atoms. The molecule has 5 rings (SSSR count). The van der Waals surface area contributed by atoms with Gasteiger partial charge in [-0.2, -0.15) is 0 Å². The van der Waals surface area contributed by atoms with Crippen LogP contribution in [-0.4, -0.2) is 46.3 Å². The van der Waals surface area contributed by atoms with Crippen molar-refractivity contribution in [2.75, 3.05) is 7.11 Å². The molecule has 0 aromatic heterocycles. The molecule has 4 aromatic rings. The Morgan fingerprint density at radius 1 is 0.844 bits per heavy atom. The summed E-state index contributed by atoms with van der Waals surface area (Å²) in [4.78, 5) is 42.0. The standard InChI is InChI=1S/C36H33N2O5PS/c1-42-36(41)37-23-22-32(45)24-28-25-33(39)38(28)34(35(40)43-26-27-14-6-2-7-15-27)44(29-16-8-3-9-17-29,30-18-10-4-11-19-30)31-20-12-5-13-21-31/h2-23,28H,24-26H2,1H3,(H,37,41). The summed E-state index contributed by atoms with van der Waals surface area (Å²) in [5.41, 5.74) is 1.15. The summed E-state index contributed by atoms with van der Waals surface area (Å²) in [5, 5.41) is 5.21. The number of carbonyl (C=O) groups is 3. The van der Waals surface area contributed by atoms with E-state index in [9.17, 15) is 14.4 Å². The number of β-lactam (4-membered cyclic amide) rings is 1. The van der Waals surface area contributed by atoms with Crippen LogP contribution < -0.4 is 21.2 Å². The van der Waals surface area contributed by atoms with Crippen LogP contribution in [0.15, 0.2) is 134 Å². The number of rotatable bonds is 11. The third-order valence-corrected chi connectivity index (χ3v) is 12.1. The molecule has 7 nitrogen and oxygen atoms in total. The second-order valence-corrected chi connectivity index (χ2v) is 14.2. The van der Waals surface area contributed by atoms with E-state index >= 15 is 0 Å². The Labute approximate surface area is 268 Å². The average molecular weight is 637 g/mol. The Hall–Kier alpha value is -4.78. The first-order valence-electron chi connectivity index (χ1n) is 14.5. The van der Waals surface area contributed by atoms with Crippen molar-refractivity contribution in [3.8, 4) is 0 Å². The van der Waals surface area contributed by atoms with Crippen LogP contribution in [-0.2, 0) is 25.7 Å². The van der Waals surface area contributed by atoms with Crippen LogP contribution in [0.25, 0.3) is 0 Å². The summed E-state index contributed by atoms with van der Waals surface area (Å²) in [7, 11) is 1.27. The van der Waals surface area contributed by atoms with E-state index in [0.717, 1.165) is 21.5 Å². The molecule has 0 bridgehead atoms. The maximum absolute atomic E-state index is 14.6. The van der Waals surface area contributed by atoms with E-state index in [2.05, 4.69) is 10.1 Å². The number of nitrogens with one attached hydrogen (secondary N) is 1. The number of amides is 2. The quantitative estimate of drug-likeness (QED) is 0.0813. The Morgan fingerprint density at radius 3 is 1.80 bits per heavy atom. The number of alkyl carbamates (subject to hydrolysis) is 1. The van der Waals surface area contributed by atoms with Crippen molar-refractivity contribution in [3.05, 3.63) is 139 Å². The number of thiocarbonyl (C=S) groups is 1. The Kier molecular flexibility index (Phi) is 10.4. The largest absolute Gasteiger partial charge is 0.456 e. The number of carbonyl (C=O) groups excluding carboxylic acids is 3. The van der Waals surface area contributed by atoms with E-state index in [0.29, 0.717) is 16.7 Å². The SMILES string of the molecule is COC(=O)NC=CC(=S)CC1CC(=O)N1C(C(=O)OCc1ccccc1)=P(c1ccccc1)(c1ccccc1)c1ccccc1. The molecule has 1 heterocycles. The van der Waals surface area contributed by atoms with E-state index in [1.165, 1.54) is 13.3 Å². The fourth-order valence-corrected chi connectivity index (χ4v) is 10.1. The summed E-state index contributed by atoms with van der Waals surface area (Å²) < 4.78 is 10.7. The highest BCUT2D eigenvalue weighted by Crippen LogP contribution is 2.49. The molecule has 9 heteroatoms. The number of hydrogen-bond acceptors (Lipinski definition) is 6.